The Morgan fingerprint density at radius 2 is 2.15 bits per heavy atom. The molecule has 1 saturated heterocycles. The molecule has 0 aliphatic carbocycles. The Hall–Kier alpha value is -2.47. The largest absolute Gasteiger partial charge is 0.356 e. The highest BCUT2D eigenvalue weighted by Gasteiger charge is 2.28. The lowest BCUT2D eigenvalue weighted by molar-refractivity contribution is 0.303. The van der Waals surface area contributed by atoms with Crippen LogP contribution >= 0.6 is 0 Å². The van der Waals surface area contributed by atoms with Crippen LogP contribution < -0.4 is 10.6 Å². The molecule has 0 aromatic carbocycles. The van der Waals surface area contributed by atoms with Gasteiger partial charge in [0.15, 0.2) is 5.65 Å². The molecule has 0 amide bonds. The summed E-state index contributed by atoms with van der Waals surface area (Å²) in [7, 11) is 0. The quantitative estimate of drug-likeness (QED) is 0.755. The predicted molar refractivity (Wildman–Crippen MR) is 105 cm³/mol. The lowest BCUT2D eigenvalue weighted by atomic mass is 9.86. The minimum Gasteiger partial charge on any atom is -0.356 e. The Morgan fingerprint density at radius 3 is 3.00 bits per heavy atom. The highest BCUT2D eigenvalue weighted by Crippen LogP contribution is 2.28. The van der Waals surface area contributed by atoms with E-state index in [-0.39, 0.29) is 6.04 Å². The summed E-state index contributed by atoms with van der Waals surface area (Å²) in [6, 6.07) is 10.4. The van der Waals surface area contributed by atoms with E-state index in [9.17, 15) is 0 Å². The maximum Gasteiger partial charge on any atom is 0.155 e. The molecule has 1 aliphatic heterocycles. The number of rotatable bonds is 4. The van der Waals surface area contributed by atoms with Crippen LogP contribution in [0.1, 0.15) is 26.7 Å². The normalized spacial score (nSPS) is 20.8. The second-order valence-corrected chi connectivity index (χ2v) is 7.64. The molecule has 0 saturated carbocycles. The van der Waals surface area contributed by atoms with Gasteiger partial charge >= 0.3 is 0 Å². The van der Waals surface area contributed by atoms with Gasteiger partial charge in [0.1, 0.15) is 11.5 Å². The van der Waals surface area contributed by atoms with Crippen molar-refractivity contribution in [2.75, 3.05) is 18.0 Å². The van der Waals surface area contributed by atoms with Crippen LogP contribution in [0.5, 0.6) is 0 Å². The van der Waals surface area contributed by atoms with E-state index in [4.69, 9.17) is 10.7 Å². The number of H-pyrrole nitrogens is 1. The van der Waals surface area contributed by atoms with E-state index in [1.807, 2.05) is 18.2 Å². The average molecular weight is 350 g/mol. The summed E-state index contributed by atoms with van der Waals surface area (Å²) in [5.41, 5.74) is 8.88. The molecule has 1 unspecified atom stereocenters. The number of fused-ring (bicyclic) bond motifs is 1. The van der Waals surface area contributed by atoms with Crippen molar-refractivity contribution in [3.05, 3.63) is 36.5 Å². The Morgan fingerprint density at radius 1 is 1.27 bits per heavy atom. The minimum absolute atomic E-state index is 0.290. The monoisotopic (exact) mass is 350 g/mol. The third kappa shape index (κ3) is 3.29. The van der Waals surface area contributed by atoms with Crippen LogP contribution in [0.15, 0.2) is 36.5 Å². The molecule has 0 spiro atoms. The average Bonchev–Trinajstić information content (AvgIpc) is 3.07. The molecule has 0 bridgehead atoms. The minimum atomic E-state index is 0.290. The number of nitrogens with two attached hydrogens (primary N) is 1. The fourth-order valence-corrected chi connectivity index (χ4v) is 3.89. The van der Waals surface area contributed by atoms with Gasteiger partial charge in [0.05, 0.1) is 5.69 Å². The van der Waals surface area contributed by atoms with E-state index in [0.717, 1.165) is 54.2 Å². The van der Waals surface area contributed by atoms with Crippen molar-refractivity contribution >= 4 is 16.9 Å². The molecule has 1 fully saturated rings. The number of nitrogens with one attached hydrogen (secondary N) is 1. The summed E-state index contributed by atoms with van der Waals surface area (Å²) in [5.74, 6) is 2.18. The summed E-state index contributed by atoms with van der Waals surface area (Å²) in [4.78, 5) is 11.6. The molecule has 2 atom stereocenters. The number of hydrogen-bond acceptors (Lipinski definition) is 5. The molecule has 3 aromatic rings. The molecule has 3 aromatic heterocycles. The zero-order valence-corrected chi connectivity index (χ0v) is 15.4. The van der Waals surface area contributed by atoms with Crippen molar-refractivity contribution in [3.8, 4) is 11.4 Å². The highest BCUT2D eigenvalue weighted by molar-refractivity contribution is 5.89. The fraction of sp³-hybridized carbons (Fsp3) is 0.450. The number of aromatic amines is 1. The van der Waals surface area contributed by atoms with Gasteiger partial charge < -0.3 is 10.6 Å². The fourth-order valence-electron chi connectivity index (χ4n) is 3.89. The third-order valence-electron chi connectivity index (χ3n) is 5.20. The topological polar surface area (TPSA) is 83.7 Å². The molecule has 1 aliphatic rings. The summed E-state index contributed by atoms with van der Waals surface area (Å²) in [5, 5.41) is 8.41. The summed E-state index contributed by atoms with van der Waals surface area (Å²) < 4.78 is 0. The summed E-state index contributed by atoms with van der Waals surface area (Å²) in [6.45, 7) is 6.45. The first-order valence-electron chi connectivity index (χ1n) is 9.39. The maximum atomic E-state index is 6.37. The van der Waals surface area contributed by atoms with Crippen LogP contribution in [0, 0.1) is 11.8 Å². The van der Waals surface area contributed by atoms with Gasteiger partial charge in [-0.15, -0.1) is 0 Å². The van der Waals surface area contributed by atoms with Gasteiger partial charge in [-0.25, -0.2) is 9.97 Å². The van der Waals surface area contributed by atoms with Gasteiger partial charge in [-0.2, -0.15) is 5.10 Å². The van der Waals surface area contributed by atoms with E-state index in [2.05, 4.69) is 46.1 Å². The lowest BCUT2D eigenvalue weighted by Gasteiger charge is -2.38. The zero-order chi connectivity index (χ0) is 18.1. The Bertz CT molecular complexity index is 887. The van der Waals surface area contributed by atoms with Gasteiger partial charge in [-0.1, -0.05) is 19.9 Å². The molecule has 0 radical (unpaired) electrons. The second kappa shape index (κ2) is 7.03. The van der Waals surface area contributed by atoms with Crippen molar-refractivity contribution in [2.45, 2.75) is 32.7 Å². The van der Waals surface area contributed by atoms with E-state index in [1.165, 1.54) is 0 Å². The summed E-state index contributed by atoms with van der Waals surface area (Å²) in [6.07, 6.45) is 3.94. The molecule has 3 N–H and O–H groups in total. The van der Waals surface area contributed by atoms with Crippen LogP contribution in [-0.4, -0.2) is 39.3 Å². The van der Waals surface area contributed by atoms with Gasteiger partial charge in [0.2, 0.25) is 0 Å². The zero-order valence-electron chi connectivity index (χ0n) is 15.4. The number of anilines is 1. The third-order valence-corrected chi connectivity index (χ3v) is 5.20. The number of piperidine rings is 1. The first-order valence-corrected chi connectivity index (χ1v) is 9.39. The van der Waals surface area contributed by atoms with Crippen LogP contribution in [0.4, 0.5) is 5.82 Å². The van der Waals surface area contributed by atoms with Crippen molar-refractivity contribution < 1.29 is 0 Å². The van der Waals surface area contributed by atoms with Crippen LogP contribution in [0.3, 0.4) is 0 Å². The molecular formula is C20H26N6. The van der Waals surface area contributed by atoms with E-state index < -0.39 is 0 Å². The van der Waals surface area contributed by atoms with Crippen LogP contribution in [-0.2, 0) is 0 Å². The van der Waals surface area contributed by atoms with Gasteiger partial charge in [-0.3, -0.25) is 5.10 Å². The molecule has 6 nitrogen and oxygen atoms in total. The Labute approximate surface area is 153 Å². The predicted octanol–water partition coefficient (Wildman–Crippen LogP) is 3.22. The molecule has 136 valence electrons. The standard InChI is InChI=1S/C20H26N6/c1-13(2)11-14-12-26(10-8-16(14)21)18-7-3-6-17(23-18)19-15-5-4-9-22-20(15)25-24-19/h3-7,9,13-14,16H,8,10-12,21H2,1-2H3,(H,22,24,25)/t14-,16?/m1/s1. The molecule has 6 heteroatoms. The molecule has 4 heterocycles. The van der Waals surface area contributed by atoms with Crippen molar-refractivity contribution in [1.29, 1.82) is 0 Å². The van der Waals surface area contributed by atoms with Crippen LogP contribution in [0.25, 0.3) is 22.4 Å². The Kier molecular flexibility index (Phi) is 4.59. The number of nitrogens with zero attached hydrogens (tertiary/aromatic N) is 4. The second-order valence-electron chi connectivity index (χ2n) is 7.64. The van der Waals surface area contributed by atoms with Gasteiger partial charge in [-0.05, 0) is 48.9 Å². The molecular weight excluding hydrogens is 324 g/mol. The first-order chi connectivity index (χ1) is 12.6. The van der Waals surface area contributed by atoms with Crippen molar-refractivity contribution in [2.24, 2.45) is 17.6 Å². The van der Waals surface area contributed by atoms with E-state index in [0.29, 0.717) is 11.8 Å². The maximum absolute atomic E-state index is 6.37. The first kappa shape index (κ1) is 17.0. The van der Waals surface area contributed by atoms with Crippen LogP contribution in [0.2, 0.25) is 0 Å². The van der Waals surface area contributed by atoms with E-state index in [1.54, 1.807) is 6.20 Å². The molecule has 4 rings (SSSR count). The van der Waals surface area contributed by atoms with Crippen molar-refractivity contribution in [1.82, 2.24) is 20.2 Å². The number of aromatic nitrogens is 4. The van der Waals surface area contributed by atoms with Crippen molar-refractivity contribution in [3.63, 3.8) is 0 Å². The highest BCUT2D eigenvalue weighted by atomic mass is 15.2. The smallest absolute Gasteiger partial charge is 0.155 e. The van der Waals surface area contributed by atoms with Gasteiger partial charge in [0, 0.05) is 30.7 Å². The number of pyridine rings is 2. The molecule has 26 heavy (non-hydrogen) atoms. The Balaban J connectivity index is 1.61. The van der Waals surface area contributed by atoms with Gasteiger partial charge in [0.25, 0.3) is 0 Å². The lowest BCUT2D eigenvalue weighted by Crippen LogP contribution is -2.47. The number of hydrogen-bond donors (Lipinski definition) is 2. The summed E-state index contributed by atoms with van der Waals surface area (Å²) >= 11 is 0. The van der Waals surface area contributed by atoms with E-state index >= 15 is 0 Å². The SMILES string of the molecule is CC(C)C[C@@H]1CN(c2cccc(-c3n[nH]c4ncccc34)n2)CCC1N.